The van der Waals surface area contributed by atoms with Crippen molar-refractivity contribution >= 4 is 28.6 Å². The molecule has 0 aliphatic rings. The lowest BCUT2D eigenvalue weighted by Crippen LogP contribution is -2.10. The Morgan fingerprint density at radius 1 is 0.960 bits per heavy atom. The predicted octanol–water partition coefficient (Wildman–Crippen LogP) is 4.76. The Morgan fingerprint density at radius 3 is 2.64 bits per heavy atom. The number of hydrogen-bond acceptors (Lipinski definition) is 4. The van der Waals surface area contributed by atoms with E-state index >= 15 is 0 Å². The van der Waals surface area contributed by atoms with Gasteiger partial charge < -0.3 is 0 Å². The summed E-state index contributed by atoms with van der Waals surface area (Å²) in [5.41, 5.74) is 1.77. The molecule has 4 aromatic rings. The van der Waals surface area contributed by atoms with E-state index in [0.29, 0.717) is 4.88 Å². The summed E-state index contributed by atoms with van der Waals surface area (Å²) in [6, 6.07) is 19.4. The van der Waals surface area contributed by atoms with E-state index in [4.69, 9.17) is 0 Å². The summed E-state index contributed by atoms with van der Waals surface area (Å²) in [5.74, 6) is 6.21. The molecule has 1 aromatic carbocycles. The van der Waals surface area contributed by atoms with Crippen molar-refractivity contribution in [3.8, 4) is 22.4 Å². The van der Waals surface area contributed by atoms with Crippen molar-refractivity contribution < 1.29 is 4.79 Å². The van der Waals surface area contributed by atoms with Crippen LogP contribution >= 0.6 is 22.7 Å². The number of nitrogens with zero attached hydrogens (tertiary/aromatic N) is 2. The fourth-order valence-corrected chi connectivity index (χ4v) is 3.76. The molecule has 0 atom stereocenters. The van der Waals surface area contributed by atoms with Gasteiger partial charge in [-0.15, -0.1) is 22.7 Å². The Bertz CT molecular complexity index is 1060. The average Bonchev–Trinajstić information content (AvgIpc) is 3.41. The lowest BCUT2D eigenvalue weighted by atomic mass is 10.2. The van der Waals surface area contributed by atoms with Crippen molar-refractivity contribution in [1.29, 1.82) is 0 Å². The molecule has 0 spiro atoms. The van der Waals surface area contributed by atoms with E-state index in [9.17, 15) is 4.79 Å². The van der Waals surface area contributed by atoms with Gasteiger partial charge in [-0.2, -0.15) is 5.10 Å². The third-order valence-corrected chi connectivity index (χ3v) is 5.37. The Labute approximate surface area is 153 Å². The molecule has 0 radical (unpaired) electrons. The molecular formula is C20H12N2OS2. The zero-order chi connectivity index (χ0) is 17.1. The van der Waals surface area contributed by atoms with Crippen molar-refractivity contribution in [1.82, 2.24) is 9.78 Å². The van der Waals surface area contributed by atoms with Gasteiger partial charge in [0.05, 0.1) is 14.6 Å². The SMILES string of the molecule is O=C(c1cccs1)n1ccc(-c2ccc(C#Cc3ccccc3)s2)n1. The van der Waals surface area contributed by atoms with E-state index in [1.807, 2.05) is 60.0 Å². The summed E-state index contributed by atoms with van der Waals surface area (Å²) >= 11 is 2.98. The van der Waals surface area contributed by atoms with E-state index in [0.717, 1.165) is 21.0 Å². The van der Waals surface area contributed by atoms with Gasteiger partial charge in [0.2, 0.25) is 0 Å². The lowest BCUT2D eigenvalue weighted by Gasteiger charge is -1.96. The second-order valence-corrected chi connectivity index (χ2v) is 7.24. The van der Waals surface area contributed by atoms with Crippen LogP contribution in [0.15, 0.2) is 72.2 Å². The number of aromatic nitrogens is 2. The fraction of sp³-hybridized carbons (Fsp3) is 0. The van der Waals surface area contributed by atoms with Crippen LogP contribution in [0.2, 0.25) is 0 Å². The summed E-state index contributed by atoms with van der Waals surface area (Å²) in [6.07, 6.45) is 1.70. The molecule has 0 N–H and O–H groups in total. The van der Waals surface area contributed by atoms with E-state index in [1.54, 1.807) is 23.6 Å². The molecule has 0 saturated carbocycles. The monoisotopic (exact) mass is 360 g/mol. The molecule has 3 aromatic heterocycles. The minimum Gasteiger partial charge on any atom is -0.266 e. The summed E-state index contributed by atoms with van der Waals surface area (Å²) in [4.78, 5) is 15.0. The second-order valence-electron chi connectivity index (χ2n) is 5.21. The molecule has 3 nitrogen and oxygen atoms in total. The fourth-order valence-electron chi connectivity index (χ4n) is 2.28. The van der Waals surface area contributed by atoms with Crippen LogP contribution in [0.1, 0.15) is 20.1 Å². The first-order valence-corrected chi connectivity index (χ1v) is 9.30. The van der Waals surface area contributed by atoms with E-state index in [2.05, 4.69) is 16.9 Å². The maximum Gasteiger partial charge on any atom is 0.288 e. The zero-order valence-electron chi connectivity index (χ0n) is 13.0. The number of carbonyl (C=O) groups excluding carboxylic acids is 1. The molecule has 0 saturated heterocycles. The van der Waals surface area contributed by atoms with Gasteiger partial charge in [0.15, 0.2) is 0 Å². The molecule has 0 amide bonds. The highest BCUT2D eigenvalue weighted by Gasteiger charge is 2.12. The summed E-state index contributed by atoms with van der Waals surface area (Å²) in [7, 11) is 0. The van der Waals surface area contributed by atoms with Crippen LogP contribution in [0, 0.1) is 11.8 Å². The maximum absolute atomic E-state index is 12.3. The van der Waals surface area contributed by atoms with E-state index in [-0.39, 0.29) is 5.91 Å². The zero-order valence-corrected chi connectivity index (χ0v) is 14.7. The number of hydrogen-bond donors (Lipinski definition) is 0. The van der Waals surface area contributed by atoms with Crippen molar-refractivity contribution in [2.24, 2.45) is 0 Å². The Hall–Kier alpha value is -2.94. The first kappa shape index (κ1) is 15.6. The van der Waals surface area contributed by atoms with Gasteiger partial charge in [0, 0.05) is 11.8 Å². The Kier molecular flexibility index (Phi) is 4.30. The van der Waals surface area contributed by atoms with Gasteiger partial charge in [-0.25, -0.2) is 4.68 Å². The van der Waals surface area contributed by atoms with Gasteiger partial charge in [0.25, 0.3) is 5.91 Å². The molecular weight excluding hydrogens is 348 g/mol. The van der Waals surface area contributed by atoms with Gasteiger partial charge in [-0.1, -0.05) is 36.1 Å². The molecule has 3 heterocycles. The highest BCUT2D eigenvalue weighted by atomic mass is 32.1. The topological polar surface area (TPSA) is 34.9 Å². The second kappa shape index (κ2) is 6.89. The van der Waals surface area contributed by atoms with Crippen LogP contribution in [-0.4, -0.2) is 15.7 Å². The minimum absolute atomic E-state index is 0.109. The maximum atomic E-state index is 12.3. The van der Waals surface area contributed by atoms with Gasteiger partial charge in [0.1, 0.15) is 5.69 Å². The molecule has 0 fully saturated rings. The van der Waals surface area contributed by atoms with Crippen LogP contribution in [0.25, 0.3) is 10.6 Å². The molecule has 0 aliphatic heterocycles. The van der Waals surface area contributed by atoms with Crippen molar-refractivity contribution in [3.05, 3.63) is 87.6 Å². The Morgan fingerprint density at radius 2 is 1.84 bits per heavy atom. The molecule has 0 aliphatic carbocycles. The molecule has 5 heteroatoms. The quantitative estimate of drug-likeness (QED) is 0.483. The normalized spacial score (nSPS) is 10.2. The van der Waals surface area contributed by atoms with Crippen molar-refractivity contribution in [2.75, 3.05) is 0 Å². The van der Waals surface area contributed by atoms with Crippen LogP contribution in [-0.2, 0) is 0 Å². The van der Waals surface area contributed by atoms with Gasteiger partial charge >= 0.3 is 0 Å². The van der Waals surface area contributed by atoms with Crippen molar-refractivity contribution in [2.45, 2.75) is 0 Å². The highest BCUT2D eigenvalue weighted by molar-refractivity contribution is 7.16. The van der Waals surface area contributed by atoms with Crippen LogP contribution < -0.4 is 0 Å². The largest absolute Gasteiger partial charge is 0.288 e. The predicted molar refractivity (Wildman–Crippen MR) is 102 cm³/mol. The smallest absolute Gasteiger partial charge is 0.266 e. The van der Waals surface area contributed by atoms with Crippen molar-refractivity contribution in [3.63, 3.8) is 0 Å². The number of rotatable bonds is 2. The average molecular weight is 360 g/mol. The molecule has 4 rings (SSSR count). The minimum atomic E-state index is -0.109. The van der Waals surface area contributed by atoms with Crippen LogP contribution in [0.4, 0.5) is 0 Å². The number of benzene rings is 1. The van der Waals surface area contributed by atoms with Crippen LogP contribution in [0.5, 0.6) is 0 Å². The van der Waals surface area contributed by atoms with E-state index < -0.39 is 0 Å². The first-order chi connectivity index (χ1) is 12.3. The Balaban J connectivity index is 1.55. The summed E-state index contributed by atoms with van der Waals surface area (Å²) in [6.45, 7) is 0. The third kappa shape index (κ3) is 3.45. The number of thiophene rings is 2. The standard InChI is InChI=1S/C20H12N2OS2/c23-20(19-7-4-14-24-19)22-13-12-17(21-22)18-11-10-16(25-18)9-8-15-5-2-1-3-6-15/h1-7,10-14H. The van der Waals surface area contributed by atoms with Gasteiger partial charge in [-0.05, 0) is 41.8 Å². The molecule has 0 bridgehead atoms. The third-order valence-electron chi connectivity index (χ3n) is 3.49. The highest BCUT2D eigenvalue weighted by Crippen LogP contribution is 2.26. The summed E-state index contributed by atoms with van der Waals surface area (Å²) in [5, 5.41) is 6.29. The molecule has 0 unspecified atom stereocenters. The molecule has 25 heavy (non-hydrogen) atoms. The summed E-state index contributed by atoms with van der Waals surface area (Å²) < 4.78 is 1.39. The van der Waals surface area contributed by atoms with Crippen LogP contribution in [0.3, 0.4) is 0 Å². The molecule has 120 valence electrons. The lowest BCUT2D eigenvalue weighted by molar-refractivity contribution is 0.0949. The van der Waals surface area contributed by atoms with E-state index in [1.165, 1.54) is 16.0 Å². The first-order valence-electron chi connectivity index (χ1n) is 7.61. The van der Waals surface area contributed by atoms with Gasteiger partial charge in [-0.3, -0.25) is 4.79 Å². The number of carbonyl (C=O) groups is 1.